The molecule has 0 amide bonds. The number of benzene rings is 3. The summed E-state index contributed by atoms with van der Waals surface area (Å²) < 4.78 is 5.95. The standard InChI is InChI=1S/C28H25N3O3S/c32-31(33)25-9-5-4-8-24(25)26-14-15-27(34-26)28(35)30-18-16-29(17-19-30)23-12-10-22(11-13-23)20-21-6-2-1-3-7-21/h1-15H,16-20H2. The number of nitro groups is 1. The molecule has 0 spiro atoms. The fourth-order valence-electron chi connectivity index (χ4n) is 4.42. The second-order valence-electron chi connectivity index (χ2n) is 8.55. The van der Waals surface area contributed by atoms with Crippen molar-refractivity contribution in [3.05, 3.63) is 118 Å². The van der Waals surface area contributed by atoms with E-state index in [0.29, 0.717) is 22.1 Å². The Labute approximate surface area is 209 Å². The lowest BCUT2D eigenvalue weighted by Crippen LogP contribution is -2.48. The molecule has 3 aromatic carbocycles. The average Bonchev–Trinajstić information content (AvgIpc) is 3.40. The van der Waals surface area contributed by atoms with Gasteiger partial charge in [0, 0.05) is 37.9 Å². The summed E-state index contributed by atoms with van der Waals surface area (Å²) in [6.45, 7) is 3.28. The van der Waals surface area contributed by atoms with Gasteiger partial charge >= 0.3 is 0 Å². The van der Waals surface area contributed by atoms with Crippen molar-refractivity contribution in [3.8, 4) is 11.3 Å². The van der Waals surface area contributed by atoms with Gasteiger partial charge in [-0.1, -0.05) is 66.8 Å². The van der Waals surface area contributed by atoms with Crippen molar-refractivity contribution < 1.29 is 9.34 Å². The van der Waals surface area contributed by atoms with Crippen LogP contribution in [0.25, 0.3) is 11.3 Å². The highest BCUT2D eigenvalue weighted by atomic mass is 32.1. The lowest BCUT2D eigenvalue weighted by Gasteiger charge is -2.37. The Balaban J connectivity index is 1.20. The molecule has 5 rings (SSSR count). The molecule has 7 heteroatoms. The van der Waals surface area contributed by atoms with Crippen LogP contribution in [0, 0.1) is 10.1 Å². The minimum Gasteiger partial charge on any atom is -0.453 e. The van der Waals surface area contributed by atoms with Gasteiger partial charge < -0.3 is 14.2 Å². The van der Waals surface area contributed by atoms with E-state index in [2.05, 4.69) is 58.3 Å². The summed E-state index contributed by atoms with van der Waals surface area (Å²) in [6, 6.07) is 29.4. The zero-order valence-corrected chi connectivity index (χ0v) is 20.0. The Morgan fingerprint density at radius 3 is 2.20 bits per heavy atom. The maximum atomic E-state index is 11.4. The zero-order valence-electron chi connectivity index (χ0n) is 19.2. The van der Waals surface area contributed by atoms with E-state index >= 15 is 0 Å². The van der Waals surface area contributed by atoms with Gasteiger partial charge in [-0.25, -0.2) is 0 Å². The fraction of sp³-hybridized carbons (Fsp3) is 0.179. The molecular formula is C28H25N3O3S. The molecule has 0 N–H and O–H groups in total. The van der Waals surface area contributed by atoms with Gasteiger partial charge in [-0.2, -0.15) is 0 Å². The van der Waals surface area contributed by atoms with E-state index < -0.39 is 4.92 Å². The van der Waals surface area contributed by atoms with Crippen LogP contribution in [0.4, 0.5) is 11.4 Å². The van der Waals surface area contributed by atoms with Crippen molar-refractivity contribution in [2.45, 2.75) is 6.42 Å². The number of anilines is 1. The summed E-state index contributed by atoms with van der Waals surface area (Å²) in [6.07, 6.45) is 0.931. The third-order valence-electron chi connectivity index (χ3n) is 6.30. The molecular weight excluding hydrogens is 458 g/mol. The third kappa shape index (κ3) is 5.10. The van der Waals surface area contributed by atoms with Crippen molar-refractivity contribution in [2.75, 3.05) is 31.1 Å². The van der Waals surface area contributed by atoms with E-state index in [1.807, 2.05) is 6.07 Å². The Bertz CT molecular complexity index is 1330. The molecule has 1 saturated heterocycles. The van der Waals surface area contributed by atoms with Crippen LogP contribution < -0.4 is 4.90 Å². The molecule has 0 saturated carbocycles. The van der Waals surface area contributed by atoms with E-state index in [-0.39, 0.29) is 5.69 Å². The summed E-state index contributed by atoms with van der Waals surface area (Å²) in [7, 11) is 0. The van der Waals surface area contributed by atoms with Crippen LogP contribution in [-0.2, 0) is 6.42 Å². The summed E-state index contributed by atoms with van der Waals surface area (Å²) in [5.74, 6) is 1.01. The first-order valence-corrected chi connectivity index (χ1v) is 12.0. The van der Waals surface area contributed by atoms with Crippen molar-refractivity contribution in [1.82, 2.24) is 4.90 Å². The third-order valence-corrected chi connectivity index (χ3v) is 6.76. The zero-order chi connectivity index (χ0) is 24.2. The summed E-state index contributed by atoms with van der Waals surface area (Å²) in [5.41, 5.74) is 4.29. The smallest absolute Gasteiger partial charge is 0.280 e. The van der Waals surface area contributed by atoms with Gasteiger partial charge in [0.2, 0.25) is 0 Å². The van der Waals surface area contributed by atoms with Gasteiger partial charge in [0.25, 0.3) is 5.69 Å². The van der Waals surface area contributed by atoms with E-state index in [1.54, 1.807) is 30.3 Å². The van der Waals surface area contributed by atoms with Crippen LogP contribution in [0.15, 0.2) is 95.4 Å². The van der Waals surface area contributed by atoms with E-state index in [9.17, 15) is 10.1 Å². The molecule has 2 heterocycles. The molecule has 1 aliphatic rings. The van der Waals surface area contributed by atoms with Crippen LogP contribution in [0.3, 0.4) is 0 Å². The lowest BCUT2D eigenvalue weighted by atomic mass is 10.0. The van der Waals surface area contributed by atoms with Gasteiger partial charge in [0.15, 0.2) is 5.76 Å². The van der Waals surface area contributed by atoms with Crippen LogP contribution in [0.5, 0.6) is 0 Å². The second kappa shape index (κ2) is 10.1. The number of nitrogens with zero attached hydrogens (tertiary/aromatic N) is 3. The Kier molecular flexibility index (Phi) is 6.59. The van der Waals surface area contributed by atoms with Crippen LogP contribution >= 0.6 is 12.2 Å². The Hall–Kier alpha value is -3.97. The SMILES string of the molecule is O=[N+]([O-])c1ccccc1-c1ccc(C(=S)N2CCN(c3ccc(Cc4ccccc4)cc3)CC2)o1. The first-order chi connectivity index (χ1) is 17.1. The molecule has 0 atom stereocenters. The van der Waals surface area contributed by atoms with Gasteiger partial charge in [-0.3, -0.25) is 10.1 Å². The number of para-hydroxylation sites is 1. The van der Waals surface area contributed by atoms with Crippen molar-refractivity contribution in [3.63, 3.8) is 0 Å². The lowest BCUT2D eigenvalue weighted by molar-refractivity contribution is -0.384. The predicted molar refractivity (Wildman–Crippen MR) is 142 cm³/mol. The predicted octanol–water partition coefficient (Wildman–Crippen LogP) is 5.94. The van der Waals surface area contributed by atoms with Gasteiger partial charge in [0.1, 0.15) is 10.7 Å². The monoisotopic (exact) mass is 483 g/mol. The molecule has 1 fully saturated rings. The van der Waals surface area contributed by atoms with Crippen molar-refractivity contribution >= 4 is 28.6 Å². The van der Waals surface area contributed by atoms with Crippen LogP contribution in [-0.4, -0.2) is 41.0 Å². The average molecular weight is 484 g/mol. The summed E-state index contributed by atoms with van der Waals surface area (Å²) in [5, 5.41) is 11.4. The summed E-state index contributed by atoms with van der Waals surface area (Å²) in [4.78, 5) is 16.1. The van der Waals surface area contributed by atoms with Crippen LogP contribution in [0.1, 0.15) is 16.9 Å². The molecule has 176 valence electrons. The molecule has 1 aliphatic heterocycles. The number of hydrogen-bond acceptors (Lipinski definition) is 5. The normalized spacial score (nSPS) is 13.6. The van der Waals surface area contributed by atoms with Crippen molar-refractivity contribution in [2.24, 2.45) is 0 Å². The van der Waals surface area contributed by atoms with Gasteiger partial charge in [-0.05, 0) is 47.9 Å². The number of piperazine rings is 1. The minimum atomic E-state index is -0.400. The first-order valence-electron chi connectivity index (χ1n) is 11.6. The van der Waals surface area contributed by atoms with E-state index in [1.165, 1.54) is 22.9 Å². The molecule has 1 aromatic heterocycles. The molecule has 0 radical (unpaired) electrons. The maximum absolute atomic E-state index is 11.4. The molecule has 4 aromatic rings. The number of rotatable bonds is 6. The van der Waals surface area contributed by atoms with Crippen molar-refractivity contribution in [1.29, 1.82) is 0 Å². The highest BCUT2D eigenvalue weighted by Crippen LogP contribution is 2.31. The Morgan fingerprint density at radius 1 is 0.829 bits per heavy atom. The fourth-order valence-corrected chi connectivity index (χ4v) is 4.71. The number of hydrogen-bond donors (Lipinski definition) is 0. The largest absolute Gasteiger partial charge is 0.453 e. The maximum Gasteiger partial charge on any atom is 0.280 e. The number of furan rings is 1. The Morgan fingerprint density at radius 2 is 1.49 bits per heavy atom. The quantitative estimate of drug-likeness (QED) is 0.192. The molecule has 6 nitrogen and oxygen atoms in total. The first kappa shape index (κ1) is 22.8. The van der Waals surface area contributed by atoms with Gasteiger partial charge in [-0.15, -0.1) is 0 Å². The number of nitro benzene ring substituents is 1. The van der Waals surface area contributed by atoms with Gasteiger partial charge in [0.05, 0.1) is 10.5 Å². The topological polar surface area (TPSA) is 62.8 Å². The molecule has 35 heavy (non-hydrogen) atoms. The van der Waals surface area contributed by atoms with Crippen LogP contribution in [0.2, 0.25) is 0 Å². The molecule has 0 aliphatic carbocycles. The van der Waals surface area contributed by atoms with E-state index in [0.717, 1.165) is 32.6 Å². The second-order valence-corrected chi connectivity index (χ2v) is 8.93. The van der Waals surface area contributed by atoms with E-state index in [4.69, 9.17) is 16.6 Å². The molecule has 0 bridgehead atoms. The number of thiocarbonyl (C=S) groups is 1. The highest BCUT2D eigenvalue weighted by molar-refractivity contribution is 7.80. The summed E-state index contributed by atoms with van der Waals surface area (Å²) >= 11 is 5.70. The molecule has 0 unspecified atom stereocenters. The highest BCUT2D eigenvalue weighted by Gasteiger charge is 2.23. The minimum absolute atomic E-state index is 0.0164.